The molecule has 0 bridgehead atoms. The van der Waals surface area contributed by atoms with Crippen molar-refractivity contribution in [2.24, 2.45) is 11.7 Å². The molecule has 2 aromatic carbocycles. The van der Waals surface area contributed by atoms with E-state index in [2.05, 4.69) is 15.5 Å². The monoisotopic (exact) mass is 424 g/mol. The summed E-state index contributed by atoms with van der Waals surface area (Å²) >= 11 is 0. The molecular weight excluding hydrogens is 392 g/mol. The second-order valence-corrected chi connectivity index (χ2v) is 8.09. The lowest BCUT2D eigenvalue weighted by atomic mass is 9.96. The number of piperidine rings is 1. The molecule has 166 valence electrons. The summed E-state index contributed by atoms with van der Waals surface area (Å²) in [5.74, 6) is 0.469. The van der Waals surface area contributed by atoms with Crippen LogP contribution in [0.1, 0.15) is 38.3 Å². The summed E-state index contributed by atoms with van der Waals surface area (Å²) in [6.45, 7) is 5.49. The number of nitrogens with zero attached hydrogens (tertiary/aromatic N) is 1. The van der Waals surface area contributed by atoms with Gasteiger partial charge >= 0.3 is 0 Å². The number of anilines is 2. The number of benzene rings is 2. The van der Waals surface area contributed by atoms with Gasteiger partial charge in [0.25, 0.3) is 0 Å². The third-order valence-electron chi connectivity index (χ3n) is 5.88. The molecule has 1 heterocycles. The van der Waals surface area contributed by atoms with Gasteiger partial charge in [-0.2, -0.15) is 0 Å². The number of nitrogens with one attached hydrogen (secondary N) is 2. The predicted octanol–water partition coefficient (Wildman–Crippen LogP) is 3.07. The molecular formula is C24H32N4O3. The SMILES string of the molecule is COc1cccc([C@H](C)N[C@H](C)C(=O)Nc2ccc(N3CCC(C(N)=O)CC3)cc2)c1. The van der Waals surface area contributed by atoms with Crippen molar-refractivity contribution >= 4 is 23.2 Å². The van der Waals surface area contributed by atoms with Crippen molar-refractivity contribution in [1.29, 1.82) is 0 Å². The Morgan fingerprint density at radius 1 is 1.10 bits per heavy atom. The number of methoxy groups -OCH3 is 1. The number of amides is 2. The van der Waals surface area contributed by atoms with Gasteiger partial charge in [0.15, 0.2) is 0 Å². The van der Waals surface area contributed by atoms with Crippen LogP contribution < -0.4 is 26.0 Å². The molecule has 2 amide bonds. The van der Waals surface area contributed by atoms with E-state index in [1.165, 1.54) is 0 Å². The van der Waals surface area contributed by atoms with Crippen molar-refractivity contribution in [2.45, 2.75) is 38.8 Å². The molecule has 0 radical (unpaired) electrons. The van der Waals surface area contributed by atoms with Crippen LogP contribution in [0.15, 0.2) is 48.5 Å². The lowest BCUT2D eigenvalue weighted by Crippen LogP contribution is -2.39. The third kappa shape index (κ3) is 5.98. The molecule has 7 nitrogen and oxygen atoms in total. The Hall–Kier alpha value is -3.06. The molecule has 0 spiro atoms. The maximum absolute atomic E-state index is 12.6. The molecule has 0 saturated carbocycles. The van der Waals surface area contributed by atoms with Gasteiger partial charge in [-0.1, -0.05) is 12.1 Å². The first-order valence-corrected chi connectivity index (χ1v) is 10.7. The van der Waals surface area contributed by atoms with Crippen molar-refractivity contribution in [2.75, 3.05) is 30.4 Å². The molecule has 2 atom stereocenters. The minimum Gasteiger partial charge on any atom is -0.497 e. The number of hydrogen-bond donors (Lipinski definition) is 3. The summed E-state index contributed by atoms with van der Waals surface area (Å²) in [4.78, 5) is 26.2. The fraction of sp³-hybridized carbons (Fsp3) is 0.417. The van der Waals surface area contributed by atoms with E-state index in [0.29, 0.717) is 0 Å². The third-order valence-corrected chi connectivity index (χ3v) is 5.88. The minimum absolute atomic E-state index is 0.00144. The van der Waals surface area contributed by atoms with Crippen molar-refractivity contribution in [3.8, 4) is 5.75 Å². The van der Waals surface area contributed by atoms with Gasteiger partial charge in [0.05, 0.1) is 13.2 Å². The highest BCUT2D eigenvalue weighted by molar-refractivity contribution is 5.94. The van der Waals surface area contributed by atoms with Crippen molar-refractivity contribution in [3.05, 3.63) is 54.1 Å². The van der Waals surface area contributed by atoms with Crippen LogP contribution in [0.2, 0.25) is 0 Å². The van der Waals surface area contributed by atoms with Crippen LogP contribution in [-0.2, 0) is 9.59 Å². The molecule has 0 unspecified atom stereocenters. The number of nitrogens with two attached hydrogens (primary N) is 1. The second-order valence-electron chi connectivity index (χ2n) is 8.09. The van der Waals surface area contributed by atoms with Gasteiger partial charge in [-0.3, -0.25) is 14.9 Å². The predicted molar refractivity (Wildman–Crippen MR) is 123 cm³/mol. The van der Waals surface area contributed by atoms with Crippen LogP contribution in [0.4, 0.5) is 11.4 Å². The maximum atomic E-state index is 12.6. The van der Waals surface area contributed by atoms with Gasteiger partial charge in [0.2, 0.25) is 11.8 Å². The number of carbonyl (C=O) groups is 2. The summed E-state index contributed by atoms with van der Waals surface area (Å²) in [6, 6.07) is 15.3. The Morgan fingerprint density at radius 2 is 1.77 bits per heavy atom. The zero-order valence-electron chi connectivity index (χ0n) is 18.4. The number of hydrogen-bond acceptors (Lipinski definition) is 5. The fourth-order valence-electron chi connectivity index (χ4n) is 3.89. The zero-order valence-corrected chi connectivity index (χ0v) is 18.4. The van der Waals surface area contributed by atoms with Crippen molar-refractivity contribution < 1.29 is 14.3 Å². The van der Waals surface area contributed by atoms with E-state index in [-0.39, 0.29) is 29.8 Å². The first-order chi connectivity index (χ1) is 14.9. The fourth-order valence-corrected chi connectivity index (χ4v) is 3.89. The largest absolute Gasteiger partial charge is 0.497 e. The second kappa shape index (κ2) is 10.3. The molecule has 3 rings (SSSR count). The van der Waals surface area contributed by atoms with E-state index in [1.807, 2.05) is 62.4 Å². The van der Waals surface area contributed by atoms with Crippen LogP contribution in [0.3, 0.4) is 0 Å². The van der Waals surface area contributed by atoms with Crippen LogP contribution in [0.25, 0.3) is 0 Å². The molecule has 2 aromatic rings. The molecule has 0 aromatic heterocycles. The molecule has 1 saturated heterocycles. The quantitative estimate of drug-likeness (QED) is 0.605. The summed E-state index contributed by atoms with van der Waals surface area (Å²) in [6.07, 6.45) is 1.56. The molecule has 1 aliphatic rings. The lowest BCUT2D eigenvalue weighted by molar-refractivity contribution is -0.122. The van der Waals surface area contributed by atoms with Gasteiger partial charge in [-0.25, -0.2) is 0 Å². The minimum atomic E-state index is -0.367. The summed E-state index contributed by atoms with van der Waals surface area (Å²) < 4.78 is 5.27. The highest BCUT2D eigenvalue weighted by Crippen LogP contribution is 2.25. The lowest BCUT2D eigenvalue weighted by Gasteiger charge is -2.32. The van der Waals surface area contributed by atoms with Gasteiger partial charge < -0.3 is 20.7 Å². The van der Waals surface area contributed by atoms with E-state index in [4.69, 9.17) is 10.5 Å². The maximum Gasteiger partial charge on any atom is 0.241 e. The Morgan fingerprint density at radius 3 is 2.39 bits per heavy atom. The first kappa shape index (κ1) is 22.6. The number of primary amides is 1. The van der Waals surface area contributed by atoms with Gasteiger partial charge in [-0.05, 0) is 68.7 Å². The molecule has 0 aliphatic carbocycles. The average Bonchev–Trinajstić information content (AvgIpc) is 2.79. The van der Waals surface area contributed by atoms with E-state index < -0.39 is 0 Å². The summed E-state index contributed by atoms with van der Waals surface area (Å²) in [7, 11) is 1.64. The average molecular weight is 425 g/mol. The standard InChI is InChI=1S/C24H32N4O3/c1-16(19-5-4-6-22(15-19)31-3)26-17(2)24(30)27-20-7-9-21(10-8-20)28-13-11-18(12-14-28)23(25)29/h4-10,15-18,26H,11-14H2,1-3H3,(H2,25,29)(H,27,30)/t16-,17+/m0/s1. The van der Waals surface area contributed by atoms with Gasteiger partial charge in [0, 0.05) is 36.4 Å². The summed E-state index contributed by atoms with van der Waals surface area (Å²) in [5.41, 5.74) is 8.30. The van der Waals surface area contributed by atoms with Crippen LogP contribution in [0.5, 0.6) is 5.75 Å². The Balaban J connectivity index is 1.52. The van der Waals surface area contributed by atoms with E-state index in [9.17, 15) is 9.59 Å². The summed E-state index contributed by atoms with van der Waals surface area (Å²) in [5, 5.41) is 6.30. The smallest absolute Gasteiger partial charge is 0.241 e. The molecule has 31 heavy (non-hydrogen) atoms. The van der Waals surface area contributed by atoms with Crippen molar-refractivity contribution in [3.63, 3.8) is 0 Å². The van der Waals surface area contributed by atoms with E-state index in [1.54, 1.807) is 7.11 Å². The molecule has 4 N–H and O–H groups in total. The van der Waals surface area contributed by atoms with Gasteiger partial charge in [0.1, 0.15) is 5.75 Å². The first-order valence-electron chi connectivity index (χ1n) is 10.7. The highest BCUT2D eigenvalue weighted by atomic mass is 16.5. The van der Waals surface area contributed by atoms with Crippen LogP contribution in [0, 0.1) is 5.92 Å². The van der Waals surface area contributed by atoms with Gasteiger partial charge in [-0.15, -0.1) is 0 Å². The van der Waals surface area contributed by atoms with Crippen molar-refractivity contribution in [1.82, 2.24) is 5.32 Å². The highest BCUT2D eigenvalue weighted by Gasteiger charge is 2.23. The van der Waals surface area contributed by atoms with Crippen LogP contribution >= 0.6 is 0 Å². The molecule has 7 heteroatoms. The zero-order chi connectivity index (χ0) is 22.4. The number of carbonyl (C=O) groups excluding carboxylic acids is 2. The molecule has 1 fully saturated rings. The Kier molecular flexibility index (Phi) is 7.52. The van der Waals surface area contributed by atoms with E-state index >= 15 is 0 Å². The van der Waals surface area contributed by atoms with E-state index in [0.717, 1.165) is 48.6 Å². The molecule has 1 aliphatic heterocycles. The Labute approximate surface area is 183 Å². The topological polar surface area (TPSA) is 96.7 Å². The Bertz CT molecular complexity index is 892. The van der Waals surface area contributed by atoms with Crippen LogP contribution in [-0.4, -0.2) is 38.1 Å². The normalized spacial score (nSPS) is 16.4. The number of ether oxygens (including phenoxy) is 1. The number of rotatable bonds is 8.